The zero-order valence-electron chi connectivity index (χ0n) is 27.9. The van der Waals surface area contributed by atoms with Gasteiger partial charge in [-0.1, -0.05) is 104 Å². The van der Waals surface area contributed by atoms with Crippen molar-refractivity contribution in [2.45, 2.75) is 24.7 Å². The molecule has 6 nitrogen and oxygen atoms in total. The number of rotatable bonds is 2. The zero-order valence-corrected chi connectivity index (χ0v) is 27.9. The van der Waals surface area contributed by atoms with E-state index in [0.29, 0.717) is 0 Å². The SMILES string of the molecule is C=C1CC2c3ccccc3N3c4ccccc4N(c4ccccc4)C3C2C2N(c3ccccc3)c3nc4ccccc4nc3N2c2ccccc21. The van der Waals surface area contributed by atoms with E-state index >= 15 is 0 Å². The quantitative estimate of drug-likeness (QED) is 0.184. The first kappa shape index (κ1) is 28.4. The third-order valence-electron chi connectivity index (χ3n) is 11.3. The average molecular weight is 659 g/mol. The van der Waals surface area contributed by atoms with Crippen LogP contribution >= 0.6 is 0 Å². The first-order chi connectivity index (χ1) is 25.3. The maximum Gasteiger partial charge on any atom is 0.179 e. The molecule has 11 rings (SSSR count). The highest BCUT2D eigenvalue weighted by Crippen LogP contribution is 2.62. The fourth-order valence-corrected chi connectivity index (χ4v) is 9.31. The molecule has 4 atom stereocenters. The number of nitrogens with zero attached hydrogens (tertiary/aromatic N) is 6. The van der Waals surface area contributed by atoms with Crippen molar-refractivity contribution in [3.63, 3.8) is 0 Å². The highest BCUT2D eigenvalue weighted by Gasteiger charge is 2.58. The number of aromatic nitrogens is 2. The molecule has 0 amide bonds. The number of hydrogen-bond donors (Lipinski definition) is 0. The Morgan fingerprint density at radius 2 is 0.941 bits per heavy atom. The van der Waals surface area contributed by atoms with E-state index in [1.807, 2.05) is 12.1 Å². The second-order valence-corrected chi connectivity index (χ2v) is 13.9. The average Bonchev–Trinajstić information content (AvgIpc) is 3.70. The Kier molecular flexibility index (Phi) is 6.02. The van der Waals surface area contributed by atoms with Crippen molar-refractivity contribution in [3.05, 3.63) is 175 Å². The Hall–Kier alpha value is -6.40. The summed E-state index contributed by atoms with van der Waals surface area (Å²) in [5.74, 6) is 1.90. The lowest BCUT2D eigenvalue weighted by Gasteiger charge is -2.53. The monoisotopic (exact) mass is 658 g/mol. The fraction of sp³-hybridized carbons (Fsp3) is 0.111. The maximum absolute atomic E-state index is 5.46. The van der Waals surface area contributed by atoms with Crippen molar-refractivity contribution in [1.29, 1.82) is 0 Å². The smallest absolute Gasteiger partial charge is 0.179 e. The summed E-state index contributed by atoms with van der Waals surface area (Å²) in [5.41, 5.74) is 12.5. The van der Waals surface area contributed by atoms with Crippen LogP contribution in [0.2, 0.25) is 0 Å². The molecule has 0 fully saturated rings. The number of benzene rings is 6. The van der Waals surface area contributed by atoms with Crippen LogP contribution < -0.4 is 19.6 Å². The van der Waals surface area contributed by atoms with Gasteiger partial charge in [-0.15, -0.1) is 0 Å². The maximum atomic E-state index is 5.46. The van der Waals surface area contributed by atoms with Gasteiger partial charge in [0.15, 0.2) is 11.6 Å². The summed E-state index contributed by atoms with van der Waals surface area (Å²) >= 11 is 0. The van der Waals surface area contributed by atoms with E-state index in [4.69, 9.17) is 16.5 Å². The Bertz CT molecular complexity index is 2500. The second-order valence-electron chi connectivity index (χ2n) is 13.9. The van der Waals surface area contributed by atoms with Crippen LogP contribution in [0, 0.1) is 5.92 Å². The Labute approximate surface area is 297 Å². The minimum absolute atomic E-state index is 0.0249. The van der Waals surface area contributed by atoms with Crippen LogP contribution in [0.4, 0.5) is 45.8 Å². The molecule has 51 heavy (non-hydrogen) atoms. The first-order valence-corrected chi connectivity index (χ1v) is 17.8. The topological polar surface area (TPSA) is 38.7 Å². The van der Waals surface area contributed by atoms with E-state index in [2.05, 4.69) is 165 Å². The molecule has 7 aromatic rings. The van der Waals surface area contributed by atoms with Crippen LogP contribution in [-0.4, -0.2) is 22.3 Å². The van der Waals surface area contributed by atoms with Crippen LogP contribution in [0.1, 0.15) is 23.5 Å². The summed E-state index contributed by atoms with van der Waals surface area (Å²) in [6, 6.07) is 56.6. The molecule has 0 N–H and O–H groups in total. The van der Waals surface area contributed by atoms with Gasteiger partial charge in [-0.25, -0.2) is 9.97 Å². The van der Waals surface area contributed by atoms with Crippen molar-refractivity contribution in [2.75, 3.05) is 19.6 Å². The number of allylic oxidation sites excluding steroid dienone is 1. The predicted octanol–water partition coefficient (Wildman–Crippen LogP) is 10.7. The molecule has 6 heteroatoms. The minimum atomic E-state index is -0.181. The van der Waals surface area contributed by atoms with Crippen LogP contribution in [0.15, 0.2) is 164 Å². The summed E-state index contributed by atoms with van der Waals surface area (Å²) in [5, 5.41) is 0. The van der Waals surface area contributed by atoms with Crippen LogP contribution in [0.3, 0.4) is 0 Å². The van der Waals surface area contributed by atoms with E-state index in [1.54, 1.807) is 0 Å². The Morgan fingerprint density at radius 1 is 0.451 bits per heavy atom. The minimum Gasteiger partial charge on any atom is -0.318 e. The normalized spacial score (nSPS) is 21.1. The Morgan fingerprint density at radius 3 is 1.63 bits per heavy atom. The van der Waals surface area contributed by atoms with Gasteiger partial charge in [0.2, 0.25) is 0 Å². The predicted molar refractivity (Wildman–Crippen MR) is 208 cm³/mol. The van der Waals surface area contributed by atoms with Gasteiger partial charge in [-0.05, 0) is 78.2 Å². The number of para-hydroxylation sites is 8. The van der Waals surface area contributed by atoms with Crippen molar-refractivity contribution in [2.24, 2.45) is 5.92 Å². The highest BCUT2D eigenvalue weighted by molar-refractivity contribution is 5.95. The number of fused-ring (bicyclic) bond motifs is 15. The molecule has 0 saturated heterocycles. The van der Waals surface area contributed by atoms with Gasteiger partial charge in [-0.2, -0.15) is 0 Å². The molecule has 5 heterocycles. The van der Waals surface area contributed by atoms with Crippen LogP contribution in [0.25, 0.3) is 16.6 Å². The summed E-state index contributed by atoms with van der Waals surface area (Å²) in [6.07, 6.45) is 0.582. The molecule has 0 radical (unpaired) electrons. The van der Waals surface area contributed by atoms with Crippen molar-refractivity contribution in [1.82, 2.24) is 9.97 Å². The van der Waals surface area contributed by atoms with Gasteiger partial charge in [0.05, 0.1) is 28.1 Å². The largest absolute Gasteiger partial charge is 0.318 e. The van der Waals surface area contributed by atoms with Crippen LogP contribution in [-0.2, 0) is 0 Å². The lowest BCUT2D eigenvalue weighted by molar-refractivity contribution is 0.290. The van der Waals surface area contributed by atoms with E-state index in [-0.39, 0.29) is 24.2 Å². The molecular formula is C45H34N6. The Balaban J connectivity index is 1.26. The lowest BCUT2D eigenvalue weighted by atomic mass is 9.71. The molecule has 0 aliphatic carbocycles. The molecule has 244 valence electrons. The molecule has 6 aromatic carbocycles. The van der Waals surface area contributed by atoms with Gasteiger partial charge >= 0.3 is 0 Å². The standard InChI is InChI=1S/C45H34N6/c1-29-28-34-33-21-9-13-25-38(33)50-40-27-15-14-26-39(40)48(30-16-4-2-5-17-30)44(50)41(34)45-49(31-18-6-3-7-19-31)42-43(47-36-23-11-10-22-35(36)46-42)51(45)37-24-12-8-20-32(29)37/h2-27,34,41,44-45H,1,28H2. The van der Waals surface area contributed by atoms with Crippen molar-refractivity contribution in [3.8, 4) is 0 Å². The van der Waals surface area contributed by atoms with Gasteiger partial charge in [-0.3, -0.25) is 0 Å². The van der Waals surface area contributed by atoms with E-state index in [9.17, 15) is 0 Å². The van der Waals surface area contributed by atoms with E-state index in [0.717, 1.165) is 51.6 Å². The molecule has 4 aliphatic rings. The lowest BCUT2D eigenvalue weighted by Crippen LogP contribution is -2.60. The van der Waals surface area contributed by atoms with Crippen LogP contribution in [0.5, 0.6) is 0 Å². The highest BCUT2D eigenvalue weighted by atomic mass is 15.5. The summed E-state index contributed by atoms with van der Waals surface area (Å²) in [4.78, 5) is 21.1. The number of hydrogen-bond acceptors (Lipinski definition) is 6. The van der Waals surface area contributed by atoms with Gasteiger partial charge < -0.3 is 19.6 Å². The van der Waals surface area contributed by atoms with Crippen molar-refractivity contribution >= 4 is 62.4 Å². The van der Waals surface area contributed by atoms with Gasteiger partial charge in [0, 0.05) is 34.5 Å². The van der Waals surface area contributed by atoms with Gasteiger partial charge in [0.1, 0.15) is 12.3 Å². The summed E-state index contributed by atoms with van der Waals surface area (Å²) in [6.45, 7) is 4.82. The summed E-state index contributed by atoms with van der Waals surface area (Å²) in [7, 11) is 0. The summed E-state index contributed by atoms with van der Waals surface area (Å²) < 4.78 is 0. The molecule has 0 saturated carbocycles. The van der Waals surface area contributed by atoms with Crippen molar-refractivity contribution < 1.29 is 0 Å². The zero-order chi connectivity index (χ0) is 33.6. The molecule has 0 spiro atoms. The first-order valence-electron chi connectivity index (χ1n) is 17.8. The van der Waals surface area contributed by atoms with E-state index < -0.39 is 0 Å². The third kappa shape index (κ3) is 3.99. The third-order valence-corrected chi connectivity index (χ3v) is 11.3. The molecule has 4 unspecified atom stereocenters. The molecule has 1 aromatic heterocycles. The molecular weight excluding hydrogens is 625 g/mol. The second kappa shape index (κ2) is 10.8. The molecule has 0 bridgehead atoms. The molecule has 4 aliphatic heterocycles. The fourth-order valence-electron chi connectivity index (χ4n) is 9.31. The number of anilines is 8. The van der Waals surface area contributed by atoms with Gasteiger partial charge in [0.25, 0.3) is 0 Å². The van der Waals surface area contributed by atoms with E-state index in [1.165, 1.54) is 28.3 Å².